The molecule has 22 heavy (non-hydrogen) atoms. The van der Waals surface area contributed by atoms with Gasteiger partial charge in [-0.15, -0.1) is 0 Å². The smallest absolute Gasteiger partial charge is 0.308 e. The maximum absolute atomic E-state index is 12.2. The van der Waals surface area contributed by atoms with Crippen LogP contribution in [0, 0.1) is 29.1 Å². The van der Waals surface area contributed by atoms with Gasteiger partial charge < -0.3 is 4.74 Å². The van der Waals surface area contributed by atoms with Gasteiger partial charge in [-0.1, -0.05) is 44.9 Å². The van der Waals surface area contributed by atoms with Gasteiger partial charge in [0.1, 0.15) is 0 Å². The van der Waals surface area contributed by atoms with Gasteiger partial charge in [0.25, 0.3) is 0 Å². The van der Waals surface area contributed by atoms with E-state index in [2.05, 4.69) is 32.9 Å². The first-order valence-corrected chi connectivity index (χ1v) is 8.95. The van der Waals surface area contributed by atoms with Crippen LogP contribution in [0.3, 0.4) is 0 Å². The predicted octanol–water partition coefficient (Wildman–Crippen LogP) is 4.90. The first kappa shape index (κ1) is 15.8. The molecule has 4 atom stereocenters. The van der Waals surface area contributed by atoms with E-state index in [1.54, 1.807) is 12.7 Å². The van der Waals surface area contributed by atoms with E-state index in [4.69, 9.17) is 4.74 Å². The van der Waals surface area contributed by atoms with Gasteiger partial charge in [0.05, 0.1) is 13.0 Å². The summed E-state index contributed by atoms with van der Waals surface area (Å²) < 4.78 is 5.10. The Morgan fingerprint density at radius 3 is 2.82 bits per heavy atom. The molecular formula is C20H30O2. The van der Waals surface area contributed by atoms with Gasteiger partial charge in [-0.3, -0.25) is 4.79 Å². The molecule has 2 saturated carbocycles. The summed E-state index contributed by atoms with van der Waals surface area (Å²) in [7, 11) is 1.54. The second kappa shape index (κ2) is 5.86. The van der Waals surface area contributed by atoms with Crippen molar-refractivity contribution in [1.29, 1.82) is 0 Å². The number of rotatable bonds is 2. The van der Waals surface area contributed by atoms with Crippen LogP contribution in [-0.2, 0) is 9.53 Å². The highest BCUT2D eigenvalue weighted by molar-refractivity contribution is 5.73. The number of hydrogen-bond donors (Lipinski definition) is 0. The van der Waals surface area contributed by atoms with Crippen molar-refractivity contribution >= 4 is 5.97 Å². The van der Waals surface area contributed by atoms with E-state index in [0.29, 0.717) is 17.8 Å². The lowest BCUT2D eigenvalue weighted by molar-refractivity contribution is -0.154. The first-order valence-electron chi connectivity index (χ1n) is 8.95. The van der Waals surface area contributed by atoms with Gasteiger partial charge in [-0.25, -0.2) is 0 Å². The lowest BCUT2D eigenvalue weighted by atomic mass is 9.50. The Balaban J connectivity index is 1.88. The molecule has 0 unspecified atom stereocenters. The third kappa shape index (κ3) is 2.45. The Labute approximate surface area is 135 Å². The quantitative estimate of drug-likeness (QED) is 0.678. The lowest BCUT2D eigenvalue weighted by Crippen LogP contribution is -2.48. The fraction of sp³-hybridized carbons (Fsp3) is 0.750. The number of ether oxygens (including phenoxy) is 1. The number of methoxy groups -OCH3 is 1. The van der Waals surface area contributed by atoms with Crippen molar-refractivity contribution in [3.8, 4) is 0 Å². The number of hydrogen-bond acceptors (Lipinski definition) is 2. The number of fused-ring (bicyclic) bond motifs is 3. The lowest BCUT2D eigenvalue weighted by Gasteiger charge is -2.54. The number of esters is 1. The molecule has 2 heteroatoms. The molecule has 122 valence electrons. The minimum Gasteiger partial charge on any atom is -0.469 e. The van der Waals surface area contributed by atoms with E-state index in [-0.39, 0.29) is 17.3 Å². The number of allylic oxidation sites excluding steroid dienone is 4. The van der Waals surface area contributed by atoms with E-state index < -0.39 is 0 Å². The van der Waals surface area contributed by atoms with E-state index in [9.17, 15) is 4.79 Å². The highest BCUT2D eigenvalue weighted by Crippen LogP contribution is 2.59. The molecule has 0 heterocycles. The van der Waals surface area contributed by atoms with Gasteiger partial charge in [0.15, 0.2) is 0 Å². The summed E-state index contributed by atoms with van der Waals surface area (Å²) in [6.07, 6.45) is 11.9. The molecule has 3 aliphatic carbocycles. The molecule has 0 spiro atoms. The van der Waals surface area contributed by atoms with Crippen molar-refractivity contribution in [3.63, 3.8) is 0 Å². The third-order valence-corrected chi connectivity index (χ3v) is 6.66. The Kier molecular flexibility index (Phi) is 4.22. The van der Waals surface area contributed by atoms with Crippen LogP contribution >= 0.6 is 0 Å². The monoisotopic (exact) mass is 302 g/mol. The zero-order valence-corrected chi connectivity index (χ0v) is 14.5. The van der Waals surface area contributed by atoms with Crippen LogP contribution in [0.4, 0.5) is 0 Å². The molecule has 2 nitrogen and oxygen atoms in total. The van der Waals surface area contributed by atoms with Gasteiger partial charge in [-0.2, -0.15) is 0 Å². The summed E-state index contributed by atoms with van der Waals surface area (Å²) >= 11 is 0. The Morgan fingerprint density at radius 2 is 2.14 bits per heavy atom. The molecule has 3 aliphatic rings. The van der Waals surface area contributed by atoms with Crippen LogP contribution in [0.25, 0.3) is 0 Å². The van der Waals surface area contributed by atoms with Crippen molar-refractivity contribution in [3.05, 3.63) is 23.3 Å². The summed E-state index contributed by atoms with van der Waals surface area (Å²) in [5, 5.41) is 0. The molecule has 0 aromatic carbocycles. The molecule has 0 N–H and O–H groups in total. The van der Waals surface area contributed by atoms with Crippen molar-refractivity contribution in [2.24, 2.45) is 29.1 Å². The van der Waals surface area contributed by atoms with Crippen LogP contribution in [0.15, 0.2) is 23.3 Å². The van der Waals surface area contributed by atoms with Crippen molar-refractivity contribution < 1.29 is 9.53 Å². The zero-order valence-electron chi connectivity index (χ0n) is 14.5. The molecule has 0 amide bonds. The molecule has 0 aromatic rings. The number of carbonyl (C=O) groups excluding carboxylic acids is 1. The molecule has 3 rings (SSSR count). The molecular weight excluding hydrogens is 272 g/mol. The fourth-order valence-corrected chi connectivity index (χ4v) is 5.39. The Hall–Kier alpha value is -1.05. The number of carbonyl (C=O) groups is 1. The summed E-state index contributed by atoms with van der Waals surface area (Å²) in [6, 6.07) is 0. The summed E-state index contributed by atoms with van der Waals surface area (Å²) in [4.78, 5) is 12.2. The van der Waals surface area contributed by atoms with E-state index >= 15 is 0 Å². The van der Waals surface area contributed by atoms with Gasteiger partial charge in [-0.05, 0) is 60.8 Å². The van der Waals surface area contributed by atoms with Crippen LogP contribution in [0.1, 0.15) is 59.3 Å². The average Bonchev–Trinajstić information content (AvgIpc) is 2.52. The average molecular weight is 302 g/mol. The molecule has 0 aliphatic heterocycles. The molecule has 0 saturated heterocycles. The maximum atomic E-state index is 12.2. The topological polar surface area (TPSA) is 26.3 Å². The molecule has 0 radical (unpaired) electrons. The van der Waals surface area contributed by atoms with E-state index in [1.165, 1.54) is 24.8 Å². The Morgan fingerprint density at radius 1 is 1.36 bits per heavy atom. The minimum atomic E-state index is 0.0255. The fourth-order valence-electron chi connectivity index (χ4n) is 5.39. The van der Waals surface area contributed by atoms with Gasteiger partial charge in [0, 0.05) is 0 Å². The van der Waals surface area contributed by atoms with Crippen LogP contribution in [0.5, 0.6) is 0 Å². The molecule has 0 bridgehead atoms. The Bertz CT molecular complexity index is 514. The largest absolute Gasteiger partial charge is 0.469 e. The highest BCUT2D eigenvalue weighted by atomic mass is 16.5. The predicted molar refractivity (Wildman–Crippen MR) is 89.3 cm³/mol. The zero-order chi connectivity index (χ0) is 15.9. The minimum absolute atomic E-state index is 0.0255. The summed E-state index contributed by atoms with van der Waals surface area (Å²) in [5.74, 6) is 1.91. The van der Waals surface area contributed by atoms with Crippen molar-refractivity contribution in [1.82, 2.24) is 0 Å². The van der Waals surface area contributed by atoms with Crippen LogP contribution < -0.4 is 0 Å². The molecule has 0 aromatic heterocycles. The van der Waals surface area contributed by atoms with Crippen molar-refractivity contribution in [2.75, 3.05) is 7.11 Å². The first-order chi connectivity index (χ1) is 10.5. The van der Waals surface area contributed by atoms with E-state index in [0.717, 1.165) is 19.3 Å². The van der Waals surface area contributed by atoms with Crippen LogP contribution in [0.2, 0.25) is 0 Å². The highest BCUT2D eigenvalue weighted by Gasteiger charge is 2.52. The second-order valence-corrected chi connectivity index (χ2v) is 8.04. The summed E-state index contributed by atoms with van der Waals surface area (Å²) in [5.41, 5.74) is 3.43. The maximum Gasteiger partial charge on any atom is 0.308 e. The van der Waals surface area contributed by atoms with Gasteiger partial charge >= 0.3 is 5.97 Å². The van der Waals surface area contributed by atoms with Crippen LogP contribution in [-0.4, -0.2) is 13.1 Å². The van der Waals surface area contributed by atoms with Gasteiger partial charge in [0.2, 0.25) is 0 Å². The molecule has 2 fully saturated rings. The standard InChI is InChI=1S/C20H30O2/c1-13(2)14-7-9-17-15(12-14)8-10-18-16(19(21)22-4)6-5-11-20(17,18)3/h7,12-13,16-18H,5-6,8-11H2,1-4H3/t16-,17-,18+,20-/m1/s1. The normalized spacial score (nSPS) is 37.8. The van der Waals surface area contributed by atoms with E-state index in [1.807, 2.05) is 0 Å². The second-order valence-electron chi connectivity index (χ2n) is 8.04. The summed E-state index contributed by atoms with van der Waals surface area (Å²) in [6.45, 7) is 7.01. The SMILES string of the molecule is COC(=O)[C@@H]1CCC[C@]2(C)[C@@H]3CC=C(C(C)C)C=C3CC[C@@H]12. The third-order valence-electron chi connectivity index (χ3n) is 6.66. The van der Waals surface area contributed by atoms with Crippen molar-refractivity contribution in [2.45, 2.75) is 59.3 Å².